The zero-order chi connectivity index (χ0) is 32.2. The molecule has 2 bridgehead atoms. The van der Waals surface area contributed by atoms with E-state index in [4.69, 9.17) is 23.1 Å². The van der Waals surface area contributed by atoms with Gasteiger partial charge >= 0.3 is 6.09 Å². The van der Waals surface area contributed by atoms with E-state index in [-0.39, 0.29) is 12.6 Å². The number of methoxy groups -OCH3 is 1. The molecule has 0 N–H and O–H groups in total. The van der Waals surface area contributed by atoms with Gasteiger partial charge < -0.3 is 23.1 Å². The molecule has 4 unspecified atom stereocenters. The van der Waals surface area contributed by atoms with Crippen molar-refractivity contribution in [2.45, 2.75) is 141 Å². The molecule has 1 aromatic heterocycles. The van der Waals surface area contributed by atoms with Crippen molar-refractivity contribution in [2.75, 3.05) is 20.5 Å². The first-order valence-corrected chi connectivity index (χ1v) is 18.4. The number of Topliss-reactive ketones (excluding diaryl/α,β-unsaturated/α-hetero) is 1. The normalized spacial score (nSPS) is 25.5. The first-order valence-electron chi connectivity index (χ1n) is 16.2. The van der Waals surface area contributed by atoms with E-state index >= 15 is 0 Å². The van der Waals surface area contributed by atoms with Crippen molar-refractivity contribution in [1.82, 2.24) is 4.90 Å². The summed E-state index contributed by atoms with van der Waals surface area (Å²) in [6, 6.07) is 3.13. The van der Waals surface area contributed by atoms with Crippen LogP contribution in [0.1, 0.15) is 107 Å². The molecule has 2 aliphatic heterocycles. The molecule has 4 atom stereocenters. The van der Waals surface area contributed by atoms with Crippen LogP contribution in [0.2, 0.25) is 16.6 Å². The maximum Gasteiger partial charge on any atom is 0.411 e. The van der Waals surface area contributed by atoms with E-state index < -0.39 is 43.6 Å². The third-order valence-corrected chi connectivity index (χ3v) is 15.7. The lowest BCUT2D eigenvalue weighted by Gasteiger charge is -2.51. The first kappa shape index (κ1) is 35.5. The second-order valence-corrected chi connectivity index (χ2v) is 19.7. The smallest absolute Gasteiger partial charge is 0.411 e. The zero-order valence-corrected chi connectivity index (χ0v) is 29.5. The molecule has 0 radical (unpaired) electrons. The Hall–Kier alpha value is -1.94. The zero-order valence-electron chi connectivity index (χ0n) is 28.5. The van der Waals surface area contributed by atoms with Crippen LogP contribution in [-0.2, 0) is 23.4 Å². The number of ether oxygens (including phenoxy) is 3. The monoisotopic (exact) mass is 619 g/mol. The average molecular weight is 620 g/mol. The summed E-state index contributed by atoms with van der Waals surface area (Å²) >= 11 is 0. The van der Waals surface area contributed by atoms with Gasteiger partial charge in [0.2, 0.25) is 0 Å². The number of rotatable bonds is 14. The van der Waals surface area contributed by atoms with Crippen LogP contribution < -0.4 is 0 Å². The number of hydrogen-bond donors (Lipinski definition) is 0. The van der Waals surface area contributed by atoms with Crippen molar-refractivity contribution in [3.63, 3.8) is 0 Å². The van der Waals surface area contributed by atoms with Crippen LogP contribution in [0, 0.1) is 5.92 Å². The lowest BCUT2D eigenvalue weighted by Crippen LogP contribution is -2.66. The summed E-state index contributed by atoms with van der Waals surface area (Å²) in [4.78, 5) is 30.7. The molecule has 0 aromatic carbocycles. The van der Waals surface area contributed by atoms with Crippen LogP contribution in [0.15, 0.2) is 28.4 Å². The van der Waals surface area contributed by atoms with Crippen molar-refractivity contribution >= 4 is 26.3 Å². The number of unbranched alkanes of at least 4 members (excludes halogenated alkanes) is 1. The fraction of sp³-hybridized carbons (Fsp3) is 0.765. The maximum atomic E-state index is 14.7. The maximum absolute atomic E-state index is 14.7. The van der Waals surface area contributed by atoms with Crippen molar-refractivity contribution in [3.05, 3.63) is 29.7 Å². The van der Waals surface area contributed by atoms with E-state index in [0.717, 1.165) is 12.8 Å². The lowest BCUT2D eigenvalue weighted by molar-refractivity contribution is -0.146. The highest BCUT2D eigenvalue weighted by molar-refractivity contribution is 6.77. The Kier molecular flexibility index (Phi) is 11.9. The van der Waals surface area contributed by atoms with Crippen molar-refractivity contribution < 1.29 is 32.6 Å². The standard InChI is InChI=1S/C34H57NO7Si/c1-12-13-17-34-28(16-19-41-43(23(2)3,24(4)5)25(6)7)31(36)27(20-26-15-14-18-39-26)29(21-30(34)40-22-38-11)35(34)32(37)42-33(8,9)10/h14-15,18,20,23-25,28-30H,12-13,16-17,19,21-22H2,1-11H3. The highest BCUT2D eigenvalue weighted by atomic mass is 28.4. The molecule has 0 spiro atoms. The second-order valence-electron chi connectivity index (χ2n) is 14.2. The van der Waals surface area contributed by atoms with Crippen LogP contribution in [0.5, 0.6) is 0 Å². The molecular weight excluding hydrogens is 562 g/mol. The molecule has 1 aromatic rings. The topological polar surface area (TPSA) is 87.4 Å². The Morgan fingerprint density at radius 2 is 1.81 bits per heavy atom. The minimum absolute atomic E-state index is 0.0373. The number of hydrogen-bond acceptors (Lipinski definition) is 7. The summed E-state index contributed by atoms with van der Waals surface area (Å²) < 4.78 is 30.5. The molecule has 1 amide bonds. The van der Waals surface area contributed by atoms with Crippen molar-refractivity contribution in [1.29, 1.82) is 0 Å². The molecule has 3 rings (SSSR count). The van der Waals surface area contributed by atoms with E-state index in [9.17, 15) is 9.59 Å². The van der Waals surface area contributed by atoms with Gasteiger partial charge in [-0.25, -0.2) is 4.79 Å². The summed E-state index contributed by atoms with van der Waals surface area (Å²) in [5, 5.41) is 0. The van der Waals surface area contributed by atoms with Crippen LogP contribution in [-0.4, -0.2) is 68.9 Å². The summed E-state index contributed by atoms with van der Waals surface area (Å²) in [7, 11) is -0.585. The van der Waals surface area contributed by atoms with E-state index in [2.05, 4.69) is 48.5 Å². The summed E-state index contributed by atoms with van der Waals surface area (Å²) in [6.45, 7) is 21.9. The molecule has 8 nitrogen and oxygen atoms in total. The van der Waals surface area contributed by atoms with E-state index in [0.29, 0.717) is 53.8 Å². The minimum atomic E-state index is -2.18. The summed E-state index contributed by atoms with van der Waals surface area (Å²) in [6.07, 6.45) is 5.91. The largest absolute Gasteiger partial charge is 0.465 e. The van der Waals surface area contributed by atoms with Gasteiger partial charge in [0.05, 0.1) is 29.9 Å². The highest BCUT2D eigenvalue weighted by Crippen LogP contribution is 2.54. The molecule has 0 aliphatic carbocycles. The number of carbonyl (C=O) groups is 2. The van der Waals surface area contributed by atoms with Gasteiger partial charge in [-0.3, -0.25) is 9.69 Å². The third-order valence-electron chi connectivity index (χ3n) is 9.53. The number of furan rings is 1. The number of carbonyl (C=O) groups excluding carboxylic acids is 2. The van der Waals surface area contributed by atoms with Gasteiger partial charge in [0.1, 0.15) is 18.2 Å². The minimum Gasteiger partial charge on any atom is -0.465 e. The predicted molar refractivity (Wildman–Crippen MR) is 172 cm³/mol. The van der Waals surface area contributed by atoms with Gasteiger partial charge in [-0.05, 0) is 68.4 Å². The number of fused-ring (bicyclic) bond motifs is 2. The first-order chi connectivity index (χ1) is 20.2. The quantitative estimate of drug-likeness (QED) is 0.117. The van der Waals surface area contributed by atoms with Gasteiger partial charge in [-0.15, -0.1) is 0 Å². The molecule has 3 heterocycles. The molecular formula is C34H57NO7Si. The fourth-order valence-electron chi connectivity index (χ4n) is 8.02. The Morgan fingerprint density at radius 3 is 2.33 bits per heavy atom. The average Bonchev–Trinajstić information content (AvgIpc) is 3.51. The molecule has 2 aliphatic rings. The number of nitrogens with zero attached hydrogens (tertiary/aromatic N) is 1. The van der Waals surface area contributed by atoms with Crippen LogP contribution in [0.25, 0.3) is 6.08 Å². The van der Waals surface area contributed by atoms with Crippen molar-refractivity contribution in [3.8, 4) is 0 Å². The molecule has 2 fully saturated rings. The fourth-order valence-corrected chi connectivity index (χ4v) is 13.5. The Balaban J connectivity index is 2.18. The SMILES string of the molecule is CCCCC12C(OCOC)CC(C(=Cc3ccco3)C(=O)C1CCO[Si](C(C)C)(C(C)C)C(C)C)N2C(=O)OC(C)(C)C. The van der Waals surface area contributed by atoms with Crippen LogP contribution >= 0.6 is 0 Å². The Bertz CT molecular complexity index is 1070. The van der Waals surface area contributed by atoms with Gasteiger partial charge in [-0.1, -0.05) is 61.3 Å². The van der Waals surface area contributed by atoms with Gasteiger partial charge in [0.25, 0.3) is 0 Å². The summed E-state index contributed by atoms with van der Waals surface area (Å²) in [5.74, 6) is 0.0811. The third kappa shape index (κ3) is 7.15. The second kappa shape index (κ2) is 14.4. The van der Waals surface area contributed by atoms with Crippen LogP contribution in [0.3, 0.4) is 0 Å². The molecule has 9 heteroatoms. The number of amides is 1. The van der Waals surface area contributed by atoms with Gasteiger partial charge in [-0.2, -0.15) is 0 Å². The van der Waals surface area contributed by atoms with E-state index in [1.54, 1.807) is 25.5 Å². The van der Waals surface area contributed by atoms with Crippen molar-refractivity contribution in [2.24, 2.45) is 5.92 Å². The van der Waals surface area contributed by atoms with Gasteiger partial charge in [0.15, 0.2) is 14.1 Å². The predicted octanol–water partition coefficient (Wildman–Crippen LogP) is 8.37. The molecule has 2 saturated heterocycles. The highest BCUT2D eigenvalue weighted by Gasteiger charge is 2.67. The van der Waals surface area contributed by atoms with E-state index in [1.807, 2.05) is 31.7 Å². The number of ketones is 1. The van der Waals surface area contributed by atoms with E-state index in [1.165, 1.54) is 0 Å². The van der Waals surface area contributed by atoms with Gasteiger partial charge in [0, 0.05) is 25.7 Å². The Morgan fingerprint density at radius 1 is 1.16 bits per heavy atom. The Labute approximate surface area is 261 Å². The molecule has 43 heavy (non-hydrogen) atoms. The van der Waals surface area contributed by atoms with Crippen LogP contribution in [0.4, 0.5) is 4.79 Å². The summed E-state index contributed by atoms with van der Waals surface area (Å²) in [5.41, 5.74) is 0.231. The molecule has 244 valence electrons. The molecule has 0 saturated carbocycles. The number of piperidine rings is 1. The lowest BCUT2D eigenvalue weighted by atomic mass is 9.70.